The van der Waals surface area contributed by atoms with Crippen LogP contribution in [0.25, 0.3) is 0 Å². The van der Waals surface area contributed by atoms with Crippen LogP contribution < -0.4 is 20.1 Å². The van der Waals surface area contributed by atoms with Gasteiger partial charge in [0.2, 0.25) is 5.91 Å². The van der Waals surface area contributed by atoms with Gasteiger partial charge < -0.3 is 25.0 Å². The molecule has 0 bridgehead atoms. The van der Waals surface area contributed by atoms with E-state index in [0.717, 1.165) is 24.1 Å². The number of hydrogen-bond acceptors (Lipinski definition) is 5. The number of aromatic nitrogens is 1. The molecular formula is C22H31N5O3. The van der Waals surface area contributed by atoms with Crippen molar-refractivity contribution >= 4 is 11.9 Å². The van der Waals surface area contributed by atoms with Gasteiger partial charge in [0.1, 0.15) is 0 Å². The predicted molar refractivity (Wildman–Crippen MR) is 118 cm³/mol. The maximum Gasteiger partial charge on any atom is 0.241 e. The fraction of sp³-hybridized carbons (Fsp3) is 0.409. The Morgan fingerprint density at radius 2 is 1.90 bits per heavy atom. The lowest BCUT2D eigenvalue weighted by atomic mass is 10.1. The molecule has 0 aliphatic rings. The smallest absolute Gasteiger partial charge is 0.241 e. The number of hydrogen-bond donors (Lipinski definition) is 2. The fourth-order valence-electron chi connectivity index (χ4n) is 2.83. The summed E-state index contributed by atoms with van der Waals surface area (Å²) in [4.78, 5) is 22.5. The van der Waals surface area contributed by atoms with E-state index >= 15 is 0 Å². The van der Waals surface area contributed by atoms with Crippen LogP contribution in [0.2, 0.25) is 0 Å². The average molecular weight is 414 g/mol. The molecule has 30 heavy (non-hydrogen) atoms. The van der Waals surface area contributed by atoms with Gasteiger partial charge in [0.25, 0.3) is 0 Å². The number of carbonyl (C=O) groups is 1. The Morgan fingerprint density at radius 3 is 2.57 bits per heavy atom. The first kappa shape index (κ1) is 23.0. The molecule has 0 atom stereocenters. The Kier molecular flexibility index (Phi) is 9.44. The lowest BCUT2D eigenvalue weighted by molar-refractivity contribution is -0.128. The quantitative estimate of drug-likeness (QED) is 0.453. The molecule has 162 valence electrons. The summed E-state index contributed by atoms with van der Waals surface area (Å²) in [5.74, 6) is 1.99. The molecule has 1 aromatic carbocycles. The Labute approximate surface area is 178 Å². The molecule has 0 saturated heterocycles. The lowest BCUT2D eigenvalue weighted by Crippen LogP contribution is -2.44. The van der Waals surface area contributed by atoms with Gasteiger partial charge in [0.05, 0.1) is 20.8 Å². The maximum absolute atomic E-state index is 12.3. The minimum atomic E-state index is -0.00577. The van der Waals surface area contributed by atoms with E-state index in [9.17, 15) is 4.79 Å². The number of nitrogens with zero attached hydrogens (tertiary/aromatic N) is 3. The van der Waals surface area contributed by atoms with Gasteiger partial charge in [-0.3, -0.25) is 14.8 Å². The van der Waals surface area contributed by atoms with E-state index in [1.54, 1.807) is 39.4 Å². The molecule has 1 amide bonds. The summed E-state index contributed by atoms with van der Waals surface area (Å²) in [7, 11) is 6.71. The number of pyridine rings is 1. The van der Waals surface area contributed by atoms with Crippen LogP contribution in [0.15, 0.2) is 47.6 Å². The van der Waals surface area contributed by atoms with Crippen molar-refractivity contribution < 1.29 is 14.3 Å². The molecule has 0 radical (unpaired) electrons. The highest BCUT2D eigenvalue weighted by molar-refractivity contribution is 5.86. The number of aliphatic imine (C=N–C) groups is 1. The van der Waals surface area contributed by atoms with Gasteiger partial charge in [-0.15, -0.1) is 0 Å². The van der Waals surface area contributed by atoms with Gasteiger partial charge >= 0.3 is 0 Å². The first-order valence-corrected chi connectivity index (χ1v) is 9.86. The molecule has 1 heterocycles. The van der Waals surface area contributed by atoms with Crippen molar-refractivity contribution in [2.45, 2.75) is 12.8 Å². The molecule has 2 rings (SSSR count). The van der Waals surface area contributed by atoms with Crippen LogP contribution in [0.4, 0.5) is 0 Å². The highest BCUT2D eigenvalue weighted by atomic mass is 16.5. The molecule has 1 aromatic heterocycles. The molecule has 0 fully saturated rings. The van der Waals surface area contributed by atoms with Gasteiger partial charge in [-0.25, -0.2) is 0 Å². The van der Waals surface area contributed by atoms with Gasteiger partial charge in [-0.2, -0.15) is 0 Å². The summed E-state index contributed by atoms with van der Waals surface area (Å²) < 4.78 is 10.6. The summed E-state index contributed by atoms with van der Waals surface area (Å²) in [6, 6.07) is 11.6. The minimum Gasteiger partial charge on any atom is -0.493 e. The molecule has 8 heteroatoms. The molecule has 2 N–H and O–H groups in total. The number of ether oxygens (including phenoxy) is 2. The van der Waals surface area contributed by atoms with E-state index < -0.39 is 0 Å². The third-order valence-electron chi connectivity index (χ3n) is 4.64. The third-order valence-corrected chi connectivity index (χ3v) is 4.64. The van der Waals surface area contributed by atoms with E-state index in [1.165, 1.54) is 0 Å². The SMILES string of the molecule is CN=C(NCCc1ccc(OC)c(OC)c1)NCC(=O)N(C)CCc1ccccn1. The number of methoxy groups -OCH3 is 2. The number of nitrogens with one attached hydrogen (secondary N) is 2. The molecule has 0 spiro atoms. The number of rotatable bonds is 10. The molecule has 0 aliphatic carbocycles. The Hall–Kier alpha value is -3.29. The highest BCUT2D eigenvalue weighted by Gasteiger charge is 2.10. The molecule has 0 aliphatic heterocycles. The zero-order valence-corrected chi connectivity index (χ0v) is 18.1. The van der Waals surface area contributed by atoms with Crippen molar-refractivity contribution in [3.8, 4) is 11.5 Å². The fourth-order valence-corrected chi connectivity index (χ4v) is 2.83. The van der Waals surface area contributed by atoms with Crippen LogP contribution in [-0.4, -0.2) is 69.7 Å². The number of benzene rings is 1. The van der Waals surface area contributed by atoms with E-state index in [-0.39, 0.29) is 12.5 Å². The van der Waals surface area contributed by atoms with Crippen LogP contribution >= 0.6 is 0 Å². The van der Waals surface area contributed by atoms with Crippen LogP contribution in [0, 0.1) is 0 Å². The van der Waals surface area contributed by atoms with Crippen LogP contribution in [0.1, 0.15) is 11.3 Å². The monoisotopic (exact) mass is 413 g/mol. The second-order valence-corrected chi connectivity index (χ2v) is 6.68. The van der Waals surface area contributed by atoms with Crippen molar-refractivity contribution in [1.29, 1.82) is 0 Å². The number of guanidine groups is 1. The topological polar surface area (TPSA) is 88.1 Å². The van der Waals surface area contributed by atoms with E-state index in [2.05, 4.69) is 20.6 Å². The standard InChI is InChI=1S/C22H31N5O3/c1-23-22(25-13-10-17-8-9-19(29-3)20(15-17)30-4)26-16-21(28)27(2)14-11-18-7-5-6-12-24-18/h5-9,12,15H,10-11,13-14,16H2,1-4H3,(H2,23,25,26). The first-order valence-electron chi connectivity index (χ1n) is 9.86. The summed E-state index contributed by atoms with van der Waals surface area (Å²) in [5, 5.41) is 6.28. The summed E-state index contributed by atoms with van der Waals surface area (Å²) in [6.07, 6.45) is 3.26. The maximum atomic E-state index is 12.3. The normalized spacial score (nSPS) is 11.0. The van der Waals surface area contributed by atoms with E-state index in [4.69, 9.17) is 9.47 Å². The van der Waals surface area contributed by atoms with Crippen LogP contribution in [0.3, 0.4) is 0 Å². The Balaban J connectivity index is 1.73. The van der Waals surface area contributed by atoms with E-state index in [0.29, 0.717) is 30.5 Å². The largest absolute Gasteiger partial charge is 0.493 e. The average Bonchev–Trinajstić information content (AvgIpc) is 2.79. The van der Waals surface area contributed by atoms with Crippen LogP contribution in [0.5, 0.6) is 11.5 Å². The molecule has 0 saturated carbocycles. The number of amides is 1. The highest BCUT2D eigenvalue weighted by Crippen LogP contribution is 2.27. The van der Waals surface area contributed by atoms with Crippen LogP contribution in [-0.2, 0) is 17.6 Å². The number of likely N-dealkylation sites (N-methyl/N-ethyl adjacent to an activating group) is 1. The molecule has 0 unspecified atom stereocenters. The van der Waals surface area contributed by atoms with Crippen molar-refractivity contribution in [2.24, 2.45) is 4.99 Å². The summed E-state index contributed by atoms with van der Waals surface area (Å²) in [6.45, 7) is 1.45. The van der Waals surface area contributed by atoms with E-state index in [1.807, 2.05) is 36.4 Å². The van der Waals surface area contributed by atoms with Gasteiger partial charge in [-0.1, -0.05) is 12.1 Å². The third kappa shape index (κ3) is 7.27. The van der Waals surface area contributed by atoms with Crippen molar-refractivity contribution in [3.63, 3.8) is 0 Å². The lowest BCUT2D eigenvalue weighted by Gasteiger charge is -2.18. The zero-order chi connectivity index (χ0) is 21.8. The summed E-state index contributed by atoms with van der Waals surface area (Å²) >= 11 is 0. The second kappa shape index (κ2) is 12.3. The zero-order valence-electron chi connectivity index (χ0n) is 18.1. The van der Waals surface area contributed by atoms with Gasteiger partial charge in [-0.05, 0) is 36.2 Å². The van der Waals surface area contributed by atoms with Crippen molar-refractivity contribution in [3.05, 3.63) is 53.9 Å². The molecule has 8 nitrogen and oxygen atoms in total. The predicted octanol–water partition coefficient (Wildman–Crippen LogP) is 1.51. The first-order chi connectivity index (χ1) is 14.6. The Morgan fingerprint density at radius 1 is 1.10 bits per heavy atom. The van der Waals surface area contributed by atoms with Gasteiger partial charge in [0.15, 0.2) is 17.5 Å². The number of carbonyl (C=O) groups excluding carboxylic acids is 1. The second-order valence-electron chi connectivity index (χ2n) is 6.68. The van der Waals surface area contributed by atoms with Gasteiger partial charge in [0, 0.05) is 45.5 Å². The van der Waals surface area contributed by atoms with Crippen molar-refractivity contribution in [1.82, 2.24) is 20.5 Å². The minimum absolute atomic E-state index is 0.00577. The van der Waals surface area contributed by atoms with Crippen molar-refractivity contribution in [2.75, 3.05) is 47.9 Å². The summed E-state index contributed by atoms with van der Waals surface area (Å²) in [5.41, 5.74) is 2.08. The Bertz CT molecular complexity index is 827. The molecule has 2 aromatic rings. The molecular weight excluding hydrogens is 382 g/mol.